The molecule has 1 aliphatic heterocycles. The Hall–Kier alpha value is -1.32. The van der Waals surface area contributed by atoms with Crippen molar-refractivity contribution in [3.8, 4) is 0 Å². The monoisotopic (exact) mass is 248 g/mol. The summed E-state index contributed by atoms with van der Waals surface area (Å²) in [6, 6.07) is 3.89. The van der Waals surface area contributed by atoms with Crippen LogP contribution in [0.3, 0.4) is 0 Å². The van der Waals surface area contributed by atoms with Gasteiger partial charge in [-0.2, -0.15) is 0 Å². The molecule has 0 bridgehead atoms. The van der Waals surface area contributed by atoms with Crippen molar-refractivity contribution in [3.05, 3.63) is 44.2 Å². The highest BCUT2D eigenvalue weighted by molar-refractivity contribution is 6.32. The molecule has 0 saturated heterocycles. The standard InChI is InChI=1S/C13H13ClN2O/c1-7-11(14)3-2-8-10-6-15-5-4-9(10)13(17)16-12(7)8/h2-3,15H,4-6H2,1H3,(H,16,17). The van der Waals surface area contributed by atoms with Crippen molar-refractivity contribution in [2.75, 3.05) is 6.54 Å². The zero-order valence-corrected chi connectivity index (χ0v) is 10.3. The zero-order valence-electron chi connectivity index (χ0n) is 9.56. The molecule has 4 heteroatoms. The molecule has 2 aromatic rings. The van der Waals surface area contributed by atoms with E-state index in [1.807, 2.05) is 19.1 Å². The van der Waals surface area contributed by atoms with E-state index in [0.717, 1.165) is 47.1 Å². The molecule has 2 N–H and O–H groups in total. The van der Waals surface area contributed by atoms with Crippen LogP contribution >= 0.6 is 11.6 Å². The van der Waals surface area contributed by atoms with Gasteiger partial charge in [-0.25, -0.2) is 0 Å². The molecule has 3 nitrogen and oxygen atoms in total. The number of rotatable bonds is 0. The van der Waals surface area contributed by atoms with Gasteiger partial charge in [0.15, 0.2) is 0 Å². The summed E-state index contributed by atoms with van der Waals surface area (Å²) in [6.45, 7) is 3.56. The molecule has 1 aromatic heterocycles. The van der Waals surface area contributed by atoms with Gasteiger partial charge in [-0.3, -0.25) is 4.79 Å². The van der Waals surface area contributed by atoms with E-state index >= 15 is 0 Å². The molecular weight excluding hydrogens is 236 g/mol. The van der Waals surface area contributed by atoms with Gasteiger partial charge in [0.25, 0.3) is 5.56 Å². The molecule has 0 amide bonds. The van der Waals surface area contributed by atoms with E-state index in [1.165, 1.54) is 0 Å². The topological polar surface area (TPSA) is 44.9 Å². The maximum Gasteiger partial charge on any atom is 0.252 e. The highest BCUT2D eigenvalue weighted by Gasteiger charge is 2.17. The van der Waals surface area contributed by atoms with Crippen LogP contribution in [-0.2, 0) is 13.0 Å². The highest BCUT2D eigenvalue weighted by atomic mass is 35.5. The van der Waals surface area contributed by atoms with Crippen LogP contribution in [0.15, 0.2) is 16.9 Å². The summed E-state index contributed by atoms with van der Waals surface area (Å²) in [5, 5.41) is 5.11. The van der Waals surface area contributed by atoms with Crippen LogP contribution < -0.4 is 10.9 Å². The van der Waals surface area contributed by atoms with E-state index in [2.05, 4.69) is 10.3 Å². The molecule has 0 saturated carbocycles. The van der Waals surface area contributed by atoms with Crippen molar-refractivity contribution < 1.29 is 0 Å². The molecule has 1 aliphatic rings. The van der Waals surface area contributed by atoms with E-state index < -0.39 is 0 Å². The molecule has 0 fully saturated rings. The van der Waals surface area contributed by atoms with Gasteiger partial charge in [0.2, 0.25) is 0 Å². The number of aromatic nitrogens is 1. The Labute approximate surface area is 104 Å². The average molecular weight is 249 g/mol. The number of pyridine rings is 1. The summed E-state index contributed by atoms with van der Waals surface area (Å²) in [4.78, 5) is 15.0. The lowest BCUT2D eigenvalue weighted by molar-refractivity contribution is 0.642. The summed E-state index contributed by atoms with van der Waals surface area (Å²) in [5.74, 6) is 0. The summed E-state index contributed by atoms with van der Waals surface area (Å²) in [5.41, 5.74) is 3.87. The normalized spacial score (nSPS) is 14.9. The fraction of sp³-hybridized carbons (Fsp3) is 0.308. The fourth-order valence-electron chi connectivity index (χ4n) is 2.48. The number of fused-ring (bicyclic) bond motifs is 3. The molecule has 0 unspecified atom stereocenters. The van der Waals surface area contributed by atoms with Crippen molar-refractivity contribution in [1.82, 2.24) is 10.3 Å². The Morgan fingerprint density at radius 3 is 2.94 bits per heavy atom. The third kappa shape index (κ3) is 1.58. The van der Waals surface area contributed by atoms with Gasteiger partial charge in [-0.1, -0.05) is 17.7 Å². The van der Waals surface area contributed by atoms with E-state index in [1.54, 1.807) is 0 Å². The molecule has 17 heavy (non-hydrogen) atoms. The number of aryl methyl sites for hydroxylation is 1. The van der Waals surface area contributed by atoms with Gasteiger partial charge < -0.3 is 10.3 Å². The third-order valence-corrected chi connectivity index (χ3v) is 3.86. The van der Waals surface area contributed by atoms with Crippen LogP contribution in [-0.4, -0.2) is 11.5 Å². The molecule has 0 spiro atoms. The van der Waals surface area contributed by atoms with Crippen LogP contribution in [0.1, 0.15) is 16.7 Å². The second-order valence-electron chi connectivity index (χ2n) is 4.43. The number of halogens is 1. The van der Waals surface area contributed by atoms with Gasteiger partial charge in [0.05, 0.1) is 5.52 Å². The predicted molar refractivity (Wildman–Crippen MR) is 69.7 cm³/mol. The largest absolute Gasteiger partial charge is 0.321 e. The van der Waals surface area contributed by atoms with Crippen molar-refractivity contribution in [2.24, 2.45) is 0 Å². The first-order valence-corrected chi connectivity index (χ1v) is 6.10. The maximum atomic E-state index is 12.0. The van der Waals surface area contributed by atoms with Crippen LogP contribution in [0.4, 0.5) is 0 Å². The van der Waals surface area contributed by atoms with E-state index in [9.17, 15) is 4.79 Å². The Morgan fingerprint density at radius 1 is 1.29 bits per heavy atom. The van der Waals surface area contributed by atoms with E-state index in [4.69, 9.17) is 11.6 Å². The molecule has 2 heterocycles. The Balaban J connectivity index is 2.46. The summed E-state index contributed by atoms with van der Waals surface area (Å²) >= 11 is 6.09. The van der Waals surface area contributed by atoms with Gasteiger partial charge in [-0.15, -0.1) is 0 Å². The van der Waals surface area contributed by atoms with Crippen LogP contribution in [0.2, 0.25) is 5.02 Å². The highest BCUT2D eigenvalue weighted by Crippen LogP contribution is 2.27. The first-order chi connectivity index (χ1) is 8.18. The minimum Gasteiger partial charge on any atom is -0.321 e. The molecule has 3 rings (SSSR count). The lowest BCUT2D eigenvalue weighted by Crippen LogP contribution is -2.30. The van der Waals surface area contributed by atoms with Crippen molar-refractivity contribution in [1.29, 1.82) is 0 Å². The zero-order chi connectivity index (χ0) is 12.0. The minimum atomic E-state index is 0.0272. The molecular formula is C13H13ClN2O. The summed E-state index contributed by atoms with van der Waals surface area (Å²) < 4.78 is 0. The third-order valence-electron chi connectivity index (χ3n) is 3.45. The minimum absolute atomic E-state index is 0.0272. The Morgan fingerprint density at radius 2 is 2.12 bits per heavy atom. The van der Waals surface area contributed by atoms with Gasteiger partial charge >= 0.3 is 0 Å². The lowest BCUT2D eigenvalue weighted by Gasteiger charge is -2.19. The molecule has 0 atom stereocenters. The van der Waals surface area contributed by atoms with Crippen molar-refractivity contribution >= 4 is 22.5 Å². The van der Waals surface area contributed by atoms with E-state index in [-0.39, 0.29) is 5.56 Å². The number of nitrogens with one attached hydrogen (secondary N) is 2. The van der Waals surface area contributed by atoms with Gasteiger partial charge in [0.1, 0.15) is 0 Å². The smallest absolute Gasteiger partial charge is 0.252 e. The number of hydrogen-bond donors (Lipinski definition) is 2. The fourth-order valence-corrected chi connectivity index (χ4v) is 2.64. The molecule has 1 aromatic carbocycles. The SMILES string of the molecule is Cc1c(Cl)ccc2c3c(c(=O)[nH]c12)CCNC3. The predicted octanol–water partition coefficient (Wildman–Crippen LogP) is 2.14. The molecule has 0 radical (unpaired) electrons. The van der Waals surface area contributed by atoms with E-state index in [0.29, 0.717) is 5.02 Å². The quantitative estimate of drug-likeness (QED) is 0.750. The van der Waals surface area contributed by atoms with Crippen LogP contribution in [0.25, 0.3) is 10.9 Å². The van der Waals surface area contributed by atoms with Crippen molar-refractivity contribution in [2.45, 2.75) is 19.9 Å². The summed E-state index contributed by atoms with van der Waals surface area (Å²) in [6.07, 6.45) is 0.794. The first-order valence-electron chi connectivity index (χ1n) is 5.72. The van der Waals surface area contributed by atoms with Gasteiger partial charge in [0, 0.05) is 22.5 Å². The first kappa shape index (κ1) is 10.8. The number of benzene rings is 1. The van der Waals surface area contributed by atoms with Crippen molar-refractivity contribution in [3.63, 3.8) is 0 Å². The Kier molecular flexibility index (Phi) is 2.45. The van der Waals surface area contributed by atoms with Crippen LogP contribution in [0, 0.1) is 6.92 Å². The van der Waals surface area contributed by atoms with Crippen LogP contribution in [0.5, 0.6) is 0 Å². The molecule has 0 aliphatic carbocycles. The molecule has 88 valence electrons. The van der Waals surface area contributed by atoms with Gasteiger partial charge in [-0.05, 0) is 37.1 Å². The maximum absolute atomic E-state index is 12.0. The number of H-pyrrole nitrogens is 1. The summed E-state index contributed by atoms with van der Waals surface area (Å²) in [7, 11) is 0. The second-order valence-corrected chi connectivity index (χ2v) is 4.84. The second kappa shape index (κ2) is 3.86. The average Bonchev–Trinajstić information content (AvgIpc) is 2.35. The lowest BCUT2D eigenvalue weighted by atomic mass is 9.97. The number of aromatic amines is 1. The number of hydrogen-bond acceptors (Lipinski definition) is 2. The Bertz CT molecular complexity index is 660.